The van der Waals surface area contributed by atoms with Crippen LogP contribution in [0.1, 0.15) is 10.4 Å². The summed E-state index contributed by atoms with van der Waals surface area (Å²) in [6, 6.07) is 0. The third-order valence-electron chi connectivity index (χ3n) is 1.81. The molecule has 0 spiro atoms. The maximum atomic E-state index is 13.2. The molecular formula is C10H9F5O2Si. The van der Waals surface area contributed by atoms with Gasteiger partial charge in [-0.1, -0.05) is 0 Å². The Balaban J connectivity index is 3.38. The monoisotopic (exact) mass is 284 g/mol. The van der Waals surface area contributed by atoms with Gasteiger partial charge in [0.1, 0.15) is 5.56 Å². The van der Waals surface area contributed by atoms with Crippen LogP contribution in [-0.2, 0) is 4.43 Å². The Morgan fingerprint density at radius 1 is 0.833 bits per heavy atom. The van der Waals surface area contributed by atoms with Crippen LogP contribution in [0.5, 0.6) is 0 Å². The minimum absolute atomic E-state index is 1.52. The van der Waals surface area contributed by atoms with E-state index in [2.05, 4.69) is 0 Å². The summed E-state index contributed by atoms with van der Waals surface area (Å²) in [5.41, 5.74) is -1.56. The van der Waals surface area contributed by atoms with Gasteiger partial charge in [0.2, 0.25) is 14.1 Å². The summed E-state index contributed by atoms with van der Waals surface area (Å²) in [6.45, 7) is 4.57. The van der Waals surface area contributed by atoms with Gasteiger partial charge < -0.3 is 4.43 Å². The Hall–Kier alpha value is -1.44. The highest BCUT2D eigenvalue weighted by Gasteiger charge is 2.32. The van der Waals surface area contributed by atoms with Gasteiger partial charge in [-0.3, -0.25) is 0 Å². The SMILES string of the molecule is C[Si](C)(C)OC(=O)c1c(F)c(F)c(F)c(F)c1F. The van der Waals surface area contributed by atoms with Crippen molar-refractivity contribution in [1.82, 2.24) is 0 Å². The molecule has 0 amide bonds. The molecule has 100 valence electrons. The Kier molecular flexibility index (Phi) is 3.80. The summed E-state index contributed by atoms with van der Waals surface area (Å²) in [7, 11) is -2.52. The first-order chi connectivity index (χ1) is 8.06. The highest BCUT2D eigenvalue weighted by Crippen LogP contribution is 2.24. The van der Waals surface area contributed by atoms with E-state index in [0.29, 0.717) is 0 Å². The highest BCUT2D eigenvalue weighted by molar-refractivity contribution is 6.71. The molecule has 2 nitrogen and oxygen atoms in total. The van der Waals surface area contributed by atoms with Crippen molar-refractivity contribution in [1.29, 1.82) is 0 Å². The van der Waals surface area contributed by atoms with Crippen LogP contribution in [0.15, 0.2) is 0 Å². The van der Waals surface area contributed by atoms with Gasteiger partial charge in [0.25, 0.3) is 0 Å². The van der Waals surface area contributed by atoms with Gasteiger partial charge in [0.05, 0.1) is 0 Å². The van der Waals surface area contributed by atoms with E-state index in [1.165, 1.54) is 19.6 Å². The third-order valence-corrected chi connectivity index (χ3v) is 2.61. The molecule has 0 aliphatic rings. The lowest BCUT2D eigenvalue weighted by molar-refractivity contribution is 0.0710. The summed E-state index contributed by atoms with van der Waals surface area (Å²) in [4.78, 5) is 11.4. The molecule has 8 heteroatoms. The number of rotatable bonds is 2. The maximum absolute atomic E-state index is 13.2. The van der Waals surface area contributed by atoms with E-state index in [-0.39, 0.29) is 0 Å². The minimum Gasteiger partial charge on any atom is -0.516 e. The van der Waals surface area contributed by atoms with Gasteiger partial charge in [-0.05, 0) is 19.6 Å². The molecule has 1 aromatic carbocycles. The smallest absolute Gasteiger partial charge is 0.331 e. The second kappa shape index (κ2) is 4.67. The van der Waals surface area contributed by atoms with Gasteiger partial charge in [0, 0.05) is 0 Å². The van der Waals surface area contributed by atoms with E-state index in [9.17, 15) is 26.7 Å². The first-order valence-corrected chi connectivity index (χ1v) is 8.22. The molecule has 0 aromatic heterocycles. The topological polar surface area (TPSA) is 26.3 Å². The van der Waals surface area contributed by atoms with Crippen molar-refractivity contribution >= 4 is 14.3 Å². The lowest BCUT2D eigenvalue weighted by Crippen LogP contribution is -2.30. The number of hydrogen-bond donors (Lipinski definition) is 0. The molecule has 0 saturated heterocycles. The Morgan fingerprint density at radius 2 is 1.17 bits per heavy atom. The van der Waals surface area contributed by atoms with Gasteiger partial charge in [-0.2, -0.15) is 0 Å². The molecule has 0 radical (unpaired) electrons. The van der Waals surface area contributed by atoms with Crippen LogP contribution < -0.4 is 0 Å². The molecule has 0 fully saturated rings. The van der Waals surface area contributed by atoms with E-state index in [0.717, 1.165) is 0 Å². The van der Waals surface area contributed by atoms with Crippen molar-refractivity contribution in [3.63, 3.8) is 0 Å². The Labute approximate surface area is 100 Å². The molecule has 0 unspecified atom stereocenters. The molecule has 0 bridgehead atoms. The zero-order chi connectivity index (χ0) is 14.2. The predicted molar refractivity (Wildman–Crippen MR) is 55.0 cm³/mol. The number of carbonyl (C=O) groups is 1. The fourth-order valence-corrected chi connectivity index (χ4v) is 1.77. The first-order valence-electron chi connectivity index (χ1n) is 4.81. The largest absolute Gasteiger partial charge is 0.516 e. The van der Waals surface area contributed by atoms with Gasteiger partial charge in [-0.15, -0.1) is 0 Å². The Morgan fingerprint density at radius 3 is 1.50 bits per heavy atom. The molecule has 0 heterocycles. The molecule has 0 atom stereocenters. The van der Waals surface area contributed by atoms with Crippen molar-refractivity contribution in [3.8, 4) is 0 Å². The third kappa shape index (κ3) is 2.69. The molecule has 0 N–H and O–H groups in total. The van der Waals surface area contributed by atoms with Crippen LogP contribution in [0, 0.1) is 29.1 Å². The fourth-order valence-electron chi connectivity index (χ4n) is 1.11. The van der Waals surface area contributed by atoms with Gasteiger partial charge >= 0.3 is 5.97 Å². The molecule has 1 rings (SSSR count). The van der Waals surface area contributed by atoms with Crippen molar-refractivity contribution in [2.45, 2.75) is 19.6 Å². The van der Waals surface area contributed by atoms with Crippen LogP contribution in [0.4, 0.5) is 22.0 Å². The second-order valence-corrected chi connectivity index (χ2v) is 8.88. The van der Waals surface area contributed by atoms with Crippen LogP contribution in [0.3, 0.4) is 0 Å². The average molecular weight is 284 g/mol. The van der Waals surface area contributed by atoms with Crippen molar-refractivity contribution in [2.75, 3.05) is 0 Å². The Bertz CT molecular complexity index is 481. The first kappa shape index (κ1) is 14.6. The lowest BCUT2D eigenvalue weighted by atomic mass is 10.1. The summed E-state index contributed by atoms with van der Waals surface area (Å²) < 4.78 is 69.5. The normalized spacial score (nSPS) is 11.6. The number of halogens is 5. The standard InChI is InChI=1S/C10H9F5O2Si/c1-18(2,3)17-10(16)4-5(11)7(13)9(15)8(14)6(4)12/h1-3H3. The second-order valence-electron chi connectivity index (χ2n) is 4.45. The lowest BCUT2D eigenvalue weighted by Gasteiger charge is -2.18. The summed E-state index contributed by atoms with van der Waals surface area (Å²) in [5.74, 6) is -12.6. The van der Waals surface area contributed by atoms with Crippen molar-refractivity contribution in [2.24, 2.45) is 0 Å². The van der Waals surface area contributed by atoms with Crippen molar-refractivity contribution < 1.29 is 31.2 Å². The van der Waals surface area contributed by atoms with E-state index >= 15 is 0 Å². The van der Waals surface area contributed by atoms with Crippen LogP contribution >= 0.6 is 0 Å². The zero-order valence-electron chi connectivity index (χ0n) is 9.71. The zero-order valence-corrected chi connectivity index (χ0v) is 10.7. The van der Waals surface area contributed by atoms with Crippen LogP contribution in [-0.4, -0.2) is 14.3 Å². The van der Waals surface area contributed by atoms with Gasteiger partial charge in [0.15, 0.2) is 23.3 Å². The molecule has 1 aromatic rings. The number of benzene rings is 1. The number of carbonyl (C=O) groups excluding carboxylic acids is 1. The van der Waals surface area contributed by atoms with E-state index < -0.39 is 48.9 Å². The molecule has 0 aliphatic carbocycles. The van der Waals surface area contributed by atoms with Crippen LogP contribution in [0.25, 0.3) is 0 Å². The minimum atomic E-state index is -2.52. The maximum Gasteiger partial charge on any atom is 0.331 e. The van der Waals surface area contributed by atoms with E-state index in [1.807, 2.05) is 0 Å². The summed E-state index contributed by atoms with van der Waals surface area (Å²) >= 11 is 0. The summed E-state index contributed by atoms with van der Waals surface area (Å²) in [6.07, 6.45) is 0. The highest BCUT2D eigenvalue weighted by atomic mass is 28.4. The fraction of sp³-hybridized carbons (Fsp3) is 0.300. The molecule has 18 heavy (non-hydrogen) atoms. The quantitative estimate of drug-likeness (QED) is 0.360. The van der Waals surface area contributed by atoms with E-state index in [1.54, 1.807) is 0 Å². The van der Waals surface area contributed by atoms with E-state index in [4.69, 9.17) is 4.43 Å². The summed E-state index contributed by atoms with van der Waals surface area (Å²) in [5, 5.41) is 0. The predicted octanol–water partition coefficient (Wildman–Crippen LogP) is 3.37. The van der Waals surface area contributed by atoms with Gasteiger partial charge in [-0.25, -0.2) is 26.7 Å². The average Bonchev–Trinajstić information content (AvgIpc) is 2.21. The molecular weight excluding hydrogens is 275 g/mol. The number of hydrogen-bond acceptors (Lipinski definition) is 2. The molecule has 0 aliphatic heterocycles. The van der Waals surface area contributed by atoms with Crippen LogP contribution in [0.2, 0.25) is 19.6 Å². The van der Waals surface area contributed by atoms with Crippen molar-refractivity contribution in [3.05, 3.63) is 34.6 Å². The molecule has 0 saturated carbocycles.